The molecule has 0 unspecified atom stereocenters. The van der Waals surface area contributed by atoms with E-state index in [0.29, 0.717) is 48.1 Å². The summed E-state index contributed by atoms with van der Waals surface area (Å²) in [5.74, 6) is 2.29. The van der Waals surface area contributed by atoms with Gasteiger partial charge in [-0.25, -0.2) is 4.79 Å². The molecular formula is C32H38N4O7. The molecule has 2 aliphatic heterocycles. The first-order valence-electron chi connectivity index (χ1n) is 14.3. The fourth-order valence-electron chi connectivity index (χ4n) is 5.21. The monoisotopic (exact) mass is 590 g/mol. The van der Waals surface area contributed by atoms with Crippen LogP contribution < -0.4 is 29.6 Å². The normalized spacial score (nSPS) is 18.3. The fourth-order valence-corrected chi connectivity index (χ4v) is 5.21. The summed E-state index contributed by atoms with van der Waals surface area (Å²) in [6.45, 7) is 5.58. The number of aliphatic hydroxyl groups is 1. The van der Waals surface area contributed by atoms with Crippen molar-refractivity contribution >= 4 is 23.3 Å². The van der Waals surface area contributed by atoms with Crippen LogP contribution in [0.2, 0.25) is 0 Å². The summed E-state index contributed by atoms with van der Waals surface area (Å²) in [5, 5.41) is 15.5. The zero-order valence-corrected chi connectivity index (χ0v) is 24.8. The lowest BCUT2D eigenvalue weighted by molar-refractivity contribution is 0.0341. The first-order chi connectivity index (χ1) is 20.7. The summed E-state index contributed by atoms with van der Waals surface area (Å²) in [4.78, 5) is 30.3. The standard InChI is InChI=1S/C32H38N4O7/c1-20-15-36(21(2)18-37)31(38)26-14-24(34-32(39)33-23-6-9-25(40-4)10-7-23)8-12-27(26)43-30(20)17-35(3)16-22-5-11-28-29(13-22)42-19-41-28/h5-14,20-21,30,37H,15-19H2,1-4H3,(H2,33,34,39)/t20-,21+,30-/m0/s1. The number of aliphatic hydroxyl groups excluding tert-OH is 1. The second-order valence-electron chi connectivity index (χ2n) is 11.0. The zero-order valence-electron chi connectivity index (χ0n) is 24.8. The molecule has 228 valence electrons. The van der Waals surface area contributed by atoms with Gasteiger partial charge in [-0.1, -0.05) is 13.0 Å². The Hall–Kier alpha value is -4.48. The van der Waals surface area contributed by atoms with Crippen molar-refractivity contribution in [3.63, 3.8) is 0 Å². The van der Waals surface area contributed by atoms with Gasteiger partial charge in [0.1, 0.15) is 17.6 Å². The summed E-state index contributed by atoms with van der Waals surface area (Å²) in [6.07, 6.45) is -0.253. The Kier molecular flexibility index (Phi) is 9.22. The molecule has 3 N–H and O–H groups in total. The number of amides is 3. The van der Waals surface area contributed by atoms with Gasteiger partial charge in [-0.15, -0.1) is 0 Å². The molecule has 5 rings (SSSR count). The molecular weight excluding hydrogens is 552 g/mol. The second-order valence-corrected chi connectivity index (χ2v) is 11.0. The molecule has 0 aromatic heterocycles. The molecule has 43 heavy (non-hydrogen) atoms. The van der Waals surface area contributed by atoms with Crippen LogP contribution in [0.1, 0.15) is 29.8 Å². The number of urea groups is 1. The minimum Gasteiger partial charge on any atom is -0.497 e. The molecule has 3 atom stereocenters. The van der Waals surface area contributed by atoms with Crippen LogP contribution in [0.4, 0.5) is 16.2 Å². The van der Waals surface area contributed by atoms with Crippen molar-refractivity contribution in [2.24, 2.45) is 5.92 Å². The maximum absolute atomic E-state index is 13.8. The molecule has 0 saturated carbocycles. The quantitative estimate of drug-likeness (QED) is 0.335. The summed E-state index contributed by atoms with van der Waals surface area (Å²) in [5.41, 5.74) is 2.43. The van der Waals surface area contributed by atoms with Crippen LogP contribution in [-0.4, -0.2) is 79.6 Å². The van der Waals surface area contributed by atoms with Gasteiger partial charge in [0, 0.05) is 36.9 Å². The Morgan fingerprint density at radius 2 is 1.74 bits per heavy atom. The number of nitrogens with one attached hydrogen (secondary N) is 2. The van der Waals surface area contributed by atoms with Crippen molar-refractivity contribution in [2.75, 3.05) is 51.3 Å². The Balaban J connectivity index is 1.33. The minimum absolute atomic E-state index is 0.0293. The first-order valence-corrected chi connectivity index (χ1v) is 14.3. The van der Waals surface area contributed by atoms with E-state index < -0.39 is 12.1 Å². The third-order valence-corrected chi connectivity index (χ3v) is 7.65. The maximum Gasteiger partial charge on any atom is 0.323 e. The number of benzene rings is 3. The van der Waals surface area contributed by atoms with Gasteiger partial charge in [-0.05, 0) is 74.1 Å². The Morgan fingerprint density at radius 1 is 1.05 bits per heavy atom. The van der Waals surface area contributed by atoms with Crippen LogP contribution in [0.25, 0.3) is 0 Å². The Morgan fingerprint density at radius 3 is 2.49 bits per heavy atom. The van der Waals surface area contributed by atoms with Crippen LogP contribution in [0.15, 0.2) is 60.7 Å². The molecule has 0 aliphatic carbocycles. The molecule has 0 radical (unpaired) electrons. The average molecular weight is 591 g/mol. The molecule has 2 heterocycles. The van der Waals surface area contributed by atoms with E-state index in [0.717, 1.165) is 17.1 Å². The molecule has 11 heteroatoms. The number of ether oxygens (including phenoxy) is 4. The van der Waals surface area contributed by atoms with E-state index in [9.17, 15) is 14.7 Å². The molecule has 3 aromatic carbocycles. The van der Waals surface area contributed by atoms with Gasteiger partial charge in [0.05, 0.1) is 25.3 Å². The van der Waals surface area contributed by atoms with Crippen molar-refractivity contribution in [2.45, 2.75) is 32.5 Å². The number of hydrogen-bond acceptors (Lipinski definition) is 8. The van der Waals surface area contributed by atoms with Crippen LogP contribution in [0, 0.1) is 5.92 Å². The van der Waals surface area contributed by atoms with E-state index in [1.54, 1.807) is 54.5 Å². The van der Waals surface area contributed by atoms with Gasteiger partial charge in [0.25, 0.3) is 5.91 Å². The molecule has 0 fully saturated rings. The number of nitrogens with zero attached hydrogens (tertiary/aromatic N) is 2. The number of rotatable bonds is 9. The van der Waals surface area contributed by atoms with E-state index in [2.05, 4.69) is 15.5 Å². The van der Waals surface area contributed by atoms with E-state index >= 15 is 0 Å². The van der Waals surface area contributed by atoms with Crippen molar-refractivity contribution in [3.05, 3.63) is 71.8 Å². The van der Waals surface area contributed by atoms with Gasteiger partial charge in [0.2, 0.25) is 6.79 Å². The van der Waals surface area contributed by atoms with E-state index in [4.69, 9.17) is 18.9 Å². The summed E-state index contributed by atoms with van der Waals surface area (Å²) in [6, 6.07) is 17.1. The van der Waals surface area contributed by atoms with Crippen molar-refractivity contribution < 1.29 is 33.6 Å². The lowest BCUT2D eigenvalue weighted by atomic mass is 9.99. The van der Waals surface area contributed by atoms with Gasteiger partial charge < -0.3 is 39.6 Å². The second kappa shape index (κ2) is 13.2. The largest absolute Gasteiger partial charge is 0.497 e. The number of carbonyl (C=O) groups is 2. The number of anilines is 2. The number of carbonyl (C=O) groups excluding carboxylic acids is 2. The third-order valence-electron chi connectivity index (χ3n) is 7.65. The Bertz CT molecular complexity index is 1450. The van der Waals surface area contributed by atoms with Crippen LogP contribution in [0.3, 0.4) is 0 Å². The van der Waals surface area contributed by atoms with Crippen molar-refractivity contribution in [3.8, 4) is 23.0 Å². The van der Waals surface area contributed by atoms with Gasteiger partial charge in [-0.3, -0.25) is 9.69 Å². The topological polar surface area (TPSA) is 122 Å². The summed E-state index contributed by atoms with van der Waals surface area (Å²) in [7, 11) is 3.60. The van der Waals surface area contributed by atoms with E-state index in [1.165, 1.54) is 0 Å². The predicted octanol–water partition coefficient (Wildman–Crippen LogP) is 4.42. The molecule has 0 saturated heterocycles. The molecule has 3 amide bonds. The van der Waals surface area contributed by atoms with Gasteiger partial charge in [-0.2, -0.15) is 0 Å². The van der Waals surface area contributed by atoms with Gasteiger partial charge in [0.15, 0.2) is 11.5 Å². The van der Waals surface area contributed by atoms with Crippen LogP contribution in [-0.2, 0) is 6.54 Å². The molecule has 0 spiro atoms. The van der Waals surface area contributed by atoms with Crippen molar-refractivity contribution in [1.82, 2.24) is 9.80 Å². The zero-order chi connectivity index (χ0) is 30.5. The highest BCUT2D eigenvalue weighted by Crippen LogP contribution is 2.34. The minimum atomic E-state index is -0.457. The number of hydrogen-bond donors (Lipinski definition) is 3. The van der Waals surface area contributed by atoms with E-state index in [-0.39, 0.29) is 31.3 Å². The highest BCUT2D eigenvalue weighted by atomic mass is 16.7. The van der Waals surface area contributed by atoms with Crippen molar-refractivity contribution in [1.29, 1.82) is 0 Å². The summed E-state index contributed by atoms with van der Waals surface area (Å²) >= 11 is 0. The lowest BCUT2D eigenvalue weighted by Gasteiger charge is -2.38. The Labute approximate surface area is 251 Å². The van der Waals surface area contributed by atoms with Crippen LogP contribution in [0.5, 0.6) is 23.0 Å². The average Bonchev–Trinajstić information content (AvgIpc) is 3.47. The smallest absolute Gasteiger partial charge is 0.323 e. The first kappa shape index (κ1) is 30.0. The molecule has 3 aromatic rings. The fraction of sp³-hybridized carbons (Fsp3) is 0.375. The molecule has 2 aliphatic rings. The third kappa shape index (κ3) is 7.12. The molecule has 0 bridgehead atoms. The number of fused-ring (bicyclic) bond motifs is 2. The summed E-state index contributed by atoms with van der Waals surface area (Å²) < 4.78 is 22.6. The van der Waals surface area contributed by atoms with Gasteiger partial charge >= 0.3 is 6.03 Å². The lowest BCUT2D eigenvalue weighted by Crippen LogP contribution is -2.49. The van der Waals surface area contributed by atoms with Crippen LogP contribution >= 0.6 is 0 Å². The highest BCUT2D eigenvalue weighted by Gasteiger charge is 2.33. The predicted molar refractivity (Wildman–Crippen MR) is 162 cm³/mol. The highest BCUT2D eigenvalue weighted by molar-refractivity contribution is 6.02. The number of likely N-dealkylation sites (N-methyl/N-ethyl adjacent to an activating group) is 1. The maximum atomic E-state index is 13.8. The van der Waals surface area contributed by atoms with E-state index in [1.807, 2.05) is 39.1 Å². The molecule has 11 nitrogen and oxygen atoms in total. The number of methoxy groups -OCH3 is 1. The SMILES string of the molecule is COc1ccc(NC(=O)Nc2ccc3c(c2)C(=O)N([C@H](C)CO)C[C@H](C)[C@H](CN(C)Cc2ccc4c(c2)OCO4)O3)cc1.